The molecule has 0 aliphatic heterocycles. The largest absolute Gasteiger partial charge is 0.494 e. The second-order valence-electron chi connectivity index (χ2n) is 8.09. The van der Waals surface area contributed by atoms with Crippen molar-refractivity contribution < 1.29 is 14.3 Å². The summed E-state index contributed by atoms with van der Waals surface area (Å²) in [7, 11) is 1.61. The van der Waals surface area contributed by atoms with Gasteiger partial charge in [-0.25, -0.2) is 0 Å². The molecule has 0 radical (unpaired) electrons. The third-order valence-electron chi connectivity index (χ3n) is 5.54. The van der Waals surface area contributed by atoms with Crippen molar-refractivity contribution >= 4 is 11.8 Å². The summed E-state index contributed by atoms with van der Waals surface area (Å²) in [5, 5.41) is 2.74. The van der Waals surface area contributed by atoms with Crippen molar-refractivity contribution in [1.29, 1.82) is 0 Å². The average Bonchev–Trinajstić information content (AvgIpc) is 2.85. The molecule has 0 bridgehead atoms. The van der Waals surface area contributed by atoms with Crippen molar-refractivity contribution in [3.8, 4) is 5.75 Å². The van der Waals surface area contributed by atoms with Crippen LogP contribution in [0, 0.1) is 6.92 Å². The van der Waals surface area contributed by atoms with E-state index in [1.54, 1.807) is 11.9 Å². The lowest BCUT2D eigenvalue weighted by molar-refractivity contribution is -0.141. The van der Waals surface area contributed by atoms with Crippen LogP contribution in [0.2, 0.25) is 0 Å². The Morgan fingerprint density at radius 1 is 0.879 bits per heavy atom. The monoisotopic (exact) mass is 444 g/mol. The molecule has 0 heterocycles. The van der Waals surface area contributed by atoms with Crippen molar-refractivity contribution in [2.24, 2.45) is 0 Å². The molecular formula is C28H32N2O3. The highest BCUT2D eigenvalue weighted by atomic mass is 16.5. The van der Waals surface area contributed by atoms with Crippen LogP contribution in [0.15, 0.2) is 84.9 Å². The number of ether oxygens (including phenoxy) is 1. The molecule has 5 nitrogen and oxygen atoms in total. The maximum absolute atomic E-state index is 13.3. The highest BCUT2D eigenvalue weighted by molar-refractivity contribution is 5.87. The van der Waals surface area contributed by atoms with Crippen LogP contribution in [0.5, 0.6) is 5.75 Å². The van der Waals surface area contributed by atoms with Crippen LogP contribution < -0.4 is 10.1 Å². The van der Waals surface area contributed by atoms with Gasteiger partial charge < -0.3 is 15.0 Å². The van der Waals surface area contributed by atoms with E-state index in [1.807, 2.05) is 91.9 Å². The predicted molar refractivity (Wildman–Crippen MR) is 131 cm³/mol. The molecule has 0 spiro atoms. The standard InChI is InChI=1S/C28H32N2O3/c1-22-15-17-25(18-16-22)33-19-9-14-27(31)30(21-24-12-7-4-8-13-24)26(28(32)29-2)20-23-10-5-3-6-11-23/h3-8,10-13,15-18,26H,9,14,19-21H2,1-2H3,(H,29,32). The number of hydrogen-bond donors (Lipinski definition) is 1. The van der Waals surface area contributed by atoms with Gasteiger partial charge in [0.15, 0.2) is 0 Å². The fraction of sp³-hybridized carbons (Fsp3) is 0.286. The van der Waals surface area contributed by atoms with E-state index < -0.39 is 6.04 Å². The number of carbonyl (C=O) groups excluding carboxylic acids is 2. The van der Waals surface area contributed by atoms with E-state index >= 15 is 0 Å². The van der Waals surface area contributed by atoms with E-state index in [4.69, 9.17) is 4.74 Å². The molecular weight excluding hydrogens is 412 g/mol. The molecule has 172 valence electrons. The molecule has 0 saturated carbocycles. The van der Waals surface area contributed by atoms with Crippen molar-refractivity contribution in [2.45, 2.75) is 38.8 Å². The number of rotatable bonds is 11. The zero-order valence-corrected chi connectivity index (χ0v) is 19.4. The molecule has 3 aromatic rings. The molecule has 0 saturated heterocycles. The van der Waals surface area contributed by atoms with Crippen molar-refractivity contribution in [2.75, 3.05) is 13.7 Å². The molecule has 0 aromatic heterocycles. The summed E-state index contributed by atoms with van der Waals surface area (Å²) < 4.78 is 5.78. The Morgan fingerprint density at radius 3 is 2.09 bits per heavy atom. The van der Waals surface area contributed by atoms with Gasteiger partial charge in [-0.2, -0.15) is 0 Å². The minimum Gasteiger partial charge on any atom is -0.494 e. The van der Waals surface area contributed by atoms with Crippen LogP contribution in [0.4, 0.5) is 0 Å². The number of aryl methyl sites for hydroxylation is 1. The Balaban J connectivity index is 1.71. The quantitative estimate of drug-likeness (QED) is 0.442. The van der Waals surface area contributed by atoms with Crippen molar-refractivity contribution in [1.82, 2.24) is 10.2 Å². The summed E-state index contributed by atoms with van der Waals surface area (Å²) in [4.78, 5) is 27.9. The summed E-state index contributed by atoms with van der Waals surface area (Å²) in [5.74, 6) is 0.566. The van der Waals surface area contributed by atoms with Gasteiger partial charge in [0.2, 0.25) is 11.8 Å². The van der Waals surface area contributed by atoms with Gasteiger partial charge in [-0.1, -0.05) is 78.4 Å². The number of likely N-dealkylation sites (N-methyl/N-ethyl adjacent to an activating group) is 1. The smallest absolute Gasteiger partial charge is 0.242 e. The lowest BCUT2D eigenvalue weighted by atomic mass is 10.0. The third kappa shape index (κ3) is 7.49. The number of carbonyl (C=O) groups is 2. The van der Waals surface area contributed by atoms with E-state index in [1.165, 1.54) is 5.56 Å². The first-order valence-corrected chi connectivity index (χ1v) is 11.3. The lowest BCUT2D eigenvalue weighted by Gasteiger charge is -2.31. The minimum atomic E-state index is -0.594. The molecule has 0 aliphatic rings. The van der Waals surface area contributed by atoms with Gasteiger partial charge in [0.05, 0.1) is 6.61 Å². The SMILES string of the molecule is CNC(=O)C(Cc1ccccc1)N(Cc1ccccc1)C(=O)CCCOc1ccc(C)cc1. The first-order chi connectivity index (χ1) is 16.1. The van der Waals surface area contributed by atoms with Gasteiger partial charge >= 0.3 is 0 Å². The van der Waals surface area contributed by atoms with Gasteiger partial charge in [-0.05, 0) is 36.6 Å². The second-order valence-corrected chi connectivity index (χ2v) is 8.09. The molecule has 3 aromatic carbocycles. The van der Waals surface area contributed by atoms with Gasteiger partial charge in [0.25, 0.3) is 0 Å². The highest BCUT2D eigenvalue weighted by Gasteiger charge is 2.29. The van der Waals surface area contributed by atoms with E-state index in [0.29, 0.717) is 32.4 Å². The average molecular weight is 445 g/mol. The molecule has 1 N–H and O–H groups in total. The normalized spacial score (nSPS) is 11.5. The van der Waals surface area contributed by atoms with E-state index in [-0.39, 0.29) is 11.8 Å². The van der Waals surface area contributed by atoms with Crippen molar-refractivity contribution in [3.63, 3.8) is 0 Å². The zero-order valence-electron chi connectivity index (χ0n) is 19.4. The highest BCUT2D eigenvalue weighted by Crippen LogP contribution is 2.17. The minimum absolute atomic E-state index is 0.0594. The predicted octanol–water partition coefficient (Wildman–Crippen LogP) is 4.54. The van der Waals surface area contributed by atoms with Crippen LogP contribution in [0.25, 0.3) is 0 Å². The second kappa shape index (κ2) is 12.4. The zero-order chi connectivity index (χ0) is 23.5. The van der Waals surface area contributed by atoms with Crippen LogP contribution in [0.1, 0.15) is 29.5 Å². The summed E-state index contributed by atoms with van der Waals surface area (Å²) in [6.45, 7) is 2.85. The van der Waals surface area contributed by atoms with E-state index in [2.05, 4.69) is 5.32 Å². The van der Waals surface area contributed by atoms with Crippen LogP contribution in [0.3, 0.4) is 0 Å². The fourth-order valence-electron chi connectivity index (χ4n) is 3.69. The molecule has 5 heteroatoms. The number of nitrogens with zero attached hydrogens (tertiary/aromatic N) is 1. The molecule has 1 unspecified atom stereocenters. The first-order valence-electron chi connectivity index (χ1n) is 11.3. The Hall–Kier alpha value is -3.60. The van der Waals surface area contributed by atoms with Gasteiger partial charge in [0, 0.05) is 26.4 Å². The summed E-state index contributed by atoms with van der Waals surface area (Å²) in [6, 6.07) is 26.9. The number of benzene rings is 3. The fourth-order valence-corrected chi connectivity index (χ4v) is 3.69. The summed E-state index contributed by atoms with van der Waals surface area (Å²) in [6.07, 6.45) is 1.34. The molecule has 3 rings (SSSR count). The van der Waals surface area contributed by atoms with Gasteiger partial charge in [0.1, 0.15) is 11.8 Å². The number of nitrogens with one attached hydrogen (secondary N) is 1. The van der Waals surface area contributed by atoms with E-state index in [9.17, 15) is 9.59 Å². The summed E-state index contributed by atoms with van der Waals surface area (Å²) in [5.41, 5.74) is 3.18. The Labute approximate surface area is 196 Å². The first kappa shape index (κ1) is 24.1. The molecule has 33 heavy (non-hydrogen) atoms. The maximum atomic E-state index is 13.3. The van der Waals surface area contributed by atoms with Crippen LogP contribution in [-0.2, 0) is 22.6 Å². The Kier molecular flexibility index (Phi) is 9.07. The van der Waals surface area contributed by atoms with Gasteiger partial charge in [-0.15, -0.1) is 0 Å². The Bertz CT molecular complexity index is 1000. The molecule has 1 atom stereocenters. The molecule has 0 fully saturated rings. The maximum Gasteiger partial charge on any atom is 0.242 e. The van der Waals surface area contributed by atoms with Crippen LogP contribution >= 0.6 is 0 Å². The Morgan fingerprint density at radius 2 is 1.48 bits per heavy atom. The lowest BCUT2D eigenvalue weighted by Crippen LogP contribution is -2.49. The summed E-state index contributed by atoms with van der Waals surface area (Å²) >= 11 is 0. The topological polar surface area (TPSA) is 58.6 Å². The van der Waals surface area contributed by atoms with Crippen LogP contribution in [-0.4, -0.2) is 36.4 Å². The van der Waals surface area contributed by atoms with E-state index in [0.717, 1.165) is 16.9 Å². The van der Waals surface area contributed by atoms with Gasteiger partial charge in [-0.3, -0.25) is 9.59 Å². The molecule has 2 amide bonds. The third-order valence-corrected chi connectivity index (χ3v) is 5.54. The molecule has 0 aliphatic carbocycles. The number of amides is 2. The van der Waals surface area contributed by atoms with Crippen molar-refractivity contribution in [3.05, 3.63) is 102 Å². The number of hydrogen-bond acceptors (Lipinski definition) is 3.